The van der Waals surface area contributed by atoms with Gasteiger partial charge in [-0.05, 0) is 24.7 Å². The summed E-state index contributed by atoms with van der Waals surface area (Å²) in [5.41, 5.74) is 1.32. The average molecular weight is 250 g/mol. The van der Waals surface area contributed by atoms with E-state index in [9.17, 15) is 0 Å². The van der Waals surface area contributed by atoms with Crippen LogP contribution in [0.4, 0.5) is 0 Å². The van der Waals surface area contributed by atoms with Gasteiger partial charge in [-0.1, -0.05) is 19.9 Å². The lowest BCUT2D eigenvalue weighted by Crippen LogP contribution is -2.37. The van der Waals surface area contributed by atoms with Gasteiger partial charge in [0.05, 0.1) is 0 Å². The molecule has 18 heavy (non-hydrogen) atoms. The summed E-state index contributed by atoms with van der Waals surface area (Å²) in [7, 11) is 1.93. The summed E-state index contributed by atoms with van der Waals surface area (Å²) in [6, 6.07) is 6.22. The van der Waals surface area contributed by atoms with Crippen molar-refractivity contribution in [3.63, 3.8) is 0 Å². The largest absolute Gasteiger partial charge is 0.486 e. The van der Waals surface area contributed by atoms with Crippen molar-refractivity contribution >= 4 is 0 Å². The minimum atomic E-state index is 0.0622. The summed E-state index contributed by atoms with van der Waals surface area (Å²) in [6.45, 7) is 7.44. The summed E-state index contributed by atoms with van der Waals surface area (Å²) in [5, 5.41) is 6.46. The molecule has 0 saturated carbocycles. The van der Waals surface area contributed by atoms with E-state index in [1.807, 2.05) is 13.1 Å². The zero-order chi connectivity index (χ0) is 13.0. The van der Waals surface area contributed by atoms with Crippen molar-refractivity contribution in [3.8, 4) is 11.5 Å². The van der Waals surface area contributed by atoms with Crippen LogP contribution < -0.4 is 20.1 Å². The fraction of sp³-hybridized carbons (Fsp3) is 0.571. The van der Waals surface area contributed by atoms with Gasteiger partial charge in [-0.15, -0.1) is 0 Å². The maximum Gasteiger partial charge on any atom is 0.161 e. The minimum absolute atomic E-state index is 0.0622. The van der Waals surface area contributed by atoms with E-state index in [1.165, 1.54) is 5.56 Å². The number of ether oxygens (including phenoxy) is 2. The molecule has 0 saturated heterocycles. The second-order valence-electron chi connectivity index (χ2n) is 5.20. The van der Waals surface area contributed by atoms with Crippen LogP contribution in [0.3, 0.4) is 0 Å². The van der Waals surface area contributed by atoms with Crippen molar-refractivity contribution in [1.29, 1.82) is 0 Å². The van der Waals surface area contributed by atoms with Crippen LogP contribution in [0.2, 0.25) is 0 Å². The molecule has 0 spiro atoms. The molecule has 2 rings (SSSR count). The maximum absolute atomic E-state index is 5.63. The van der Waals surface area contributed by atoms with E-state index >= 15 is 0 Å². The Kier molecular flexibility index (Phi) is 4.09. The fourth-order valence-corrected chi connectivity index (χ4v) is 2.07. The van der Waals surface area contributed by atoms with Crippen LogP contribution in [0, 0.1) is 0 Å². The average Bonchev–Trinajstić information content (AvgIpc) is 2.38. The van der Waals surface area contributed by atoms with Crippen molar-refractivity contribution in [1.82, 2.24) is 10.6 Å². The predicted molar refractivity (Wildman–Crippen MR) is 72.4 cm³/mol. The standard InChI is InChI=1S/C14H22N2O2/c1-14(2,9-16-10-15-3)11-4-5-12-13(8-11)18-7-6-17-12/h4-5,8,15-16H,6-7,9-10H2,1-3H3. The molecule has 4 heteroatoms. The number of benzene rings is 1. The molecule has 1 aromatic rings. The quantitative estimate of drug-likeness (QED) is 0.614. The van der Waals surface area contributed by atoms with E-state index in [0.717, 1.165) is 24.7 Å². The summed E-state index contributed by atoms with van der Waals surface area (Å²) in [5.74, 6) is 1.71. The molecule has 0 atom stereocenters. The van der Waals surface area contributed by atoms with Gasteiger partial charge >= 0.3 is 0 Å². The van der Waals surface area contributed by atoms with Crippen LogP contribution in [0.5, 0.6) is 11.5 Å². The molecule has 1 heterocycles. The van der Waals surface area contributed by atoms with E-state index < -0.39 is 0 Å². The first-order valence-electron chi connectivity index (χ1n) is 6.39. The molecular weight excluding hydrogens is 228 g/mol. The molecule has 0 aliphatic carbocycles. The molecule has 4 nitrogen and oxygen atoms in total. The highest BCUT2D eigenvalue weighted by Gasteiger charge is 2.22. The fourth-order valence-electron chi connectivity index (χ4n) is 2.07. The minimum Gasteiger partial charge on any atom is -0.486 e. The Morgan fingerprint density at radius 3 is 2.61 bits per heavy atom. The lowest BCUT2D eigenvalue weighted by Gasteiger charge is -2.28. The SMILES string of the molecule is CNCNCC(C)(C)c1ccc2c(c1)OCCO2. The molecule has 0 bridgehead atoms. The third-order valence-electron chi connectivity index (χ3n) is 3.19. The van der Waals surface area contributed by atoms with Crippen molar-refractivity contribution in [2.45, 2.75) is 19.3 Å². The number of hydrogen-bond acceptors (Lipinski definition) is 4. The Bertz CT molecular complexity index is 405. The second-order valence-corrected chi connectivity index (χ2v) is 5.20. The van der Waals surface area contributed by atoms with Crippen molar-refractivity contribution in [3.05, 3.63) is 23.8 Å². The molecule has 1 aromatic carbocycles. The van der Waals surface area contributed by atoms with Gasteiger partial charge in [0.1, 0.15) is 13.2 Å². The van der Waals surface area contributed by atoms with Crippen LogP contribution in [0.1, 0.15) is 19.4 Å². The van der Waals surface area contributed by atoms with Crippen molar-refractivity contribution in [2.75, 3.05) is 33.5 Å². The zero-order valence-corrected chi connectivity index (χ0v) is 11.4. The Hall–Kier alpha value is -1.26. The smallest absolute Gasteiger partial charge is 0.161 e. The van der Waals surface area contributed by atoms with Gasteiger partial charge in [0.15, 0.2) is 11.5 Å². The summed E-state index contributed by atoms with van der Waals surface area (Å²) < 4.78 is 11.2. The summed E-state index contributed by atoms with van der Waals surface area (Å²) in [4.78, 5) is 0. The lowest BCUT2D eigenvalue weighted by atomic mass is 9.84. The Balaban J connectivity index is 2.11. The molecule has 0 fully saturated rings. The molecule has 0 unspecified atom stereocenters. The highest BCUT2D eigenvalue weighted by atomic mass is 16.6. The molecule has 100 valence electrons. The number of fused-ring (bicyclic) bond motifs is 1. The Morgan fingerprint density at radius 1 is 1.17 bits per heavy atom. The third-order valence-corrected chi connectivity index (χ3v) is 3.19. The summed E-state index contributed by atoms with van der Waals surface area (Å²) >= 11 is 0. The van der Waals surface area contributed by atoms with E-state index in [2.05, 4.69) is 36.6 Å². The number of rotatable bonds is 5. The molecule has 0 aromatic heterocycles. The first-order chi connectivity index (χ1) is 8.63. The lowest BCUT2D eigenvalue weighted by molar-refractivity contribution is 0.171. The van der Waals surface area contributed by atoms with Gasteiger partial charge in [0.2, 0.25) is 0 Å². The van der Waals surface area contributed by atoms with Crippen molar-refractivity contribution < 1.29 is 9.47 Å². The van der Waals surface area contributed by atoms with E-state index in [-0.39, 0.29) is 5.41 Å². The van der Waals surface area contributed by atoms with Crippen LogP contribution in [-0.2, 0) is 5.41 Å². The maximum atomic E-state index is 5.63. The van der Waals surface area contributed by atoms with Gasteiger partial charge in [0.25, 0.3) is 0 Å². The Morgan fingerprint density at radius 2 is 1.89 bits per heavy atom. The van der Waals surface area contributed by atoms with E-state index in [0.29, 0.717) is 13.2 Å². The van der Waals surface area contributed by atoms with Crippen LogP contribution in [0.15, 0.2) is 18.2 Å². The first-order valence-corrected chi connectivity index (χ1v) is 6.39. The van der Waals surface area contributed by atoms with E-state index in [1.54, 1.807) is 0 Å². The third kappa shape index (κ3) is 2.94. The van der Waals surface area contributed by atoms with Gasteiger partial charge < -0.3 is 20.1 Å². The summed E-state index contributed by atoms with van der Waals surface area (Å²) in [6.07, 6.45) is 0. The van der Waals surface area contributed by atoms with Gasteiger partial charge in [-0.3, -0.25) is 0 Å². The van der Waals surface area contributed by atoms with Crippen molar-refractivity contribution in [2.24, 2.45) is 0 Å². The molecule has 0 amide bonds. The molecule has 2 N–H and O–H groups in total. The Labute approximate surface area is 109 Å². The predicted octanol–water partition coefficient (Wildman–Crippen LogP) is 1.50. The molecule has 0 radical (unpaired) electrons. The topological polar surface area (TPSA) is 42.5 Å². The molecular formula is C14H22N2O2. The van der Waals surface area contributed by atoms with Crippen LogP contribution in [0.25, 0.3) is 0 Å². The zero-order valence-electron chi connectivity index (χ0n) is 11.4. The van der Waals surface area contributed by atoms with Gasteiger partial charge in [-0.25, -0.2) is 0 Å². The molecule has 1 aliphatic heterocycles. The highest BCUT2D eigenvalue weighted by molar-refractivity contribution is 5.45. The van der Waals surface area contributed by atoms with Gasteiger partial charge in [0, 0.05) is 18.6 Å². The highest BCUT2D eigenvalue weighted by Crippen LogP contribution is 2.34. The normalized spacial score (nSPS) is 14.6. The second kappa shape index (κ2) is 5.59. The number of hydrogen-bond donors (Lipinski definition) is 2. The number of nitrogens with one attached hydrogen (secondary N) is 2. The van der Waals surface area contributed by atoms with Crippen LogP contribution in [-0.4, -0.2) is 33.5 Å². The first kappa shape index (κ1) is 13.2. The van der Waals surface area contributed by atoms with Crippen LogP contribution >= 0.6 is 0 Å². The molecule has 1 aliphatic rings. The van der Waals surface area contributed by atoms with Gasteiger partial charge in [-0.2, -0.15) is 0 Å². The van der Waals surface area contributed by atoms with E-state index in [4.69, 9.17) is 9.47 Å². The monoisotopic (exact) mass is 250 g/mol.